The Kier molecular flexibility index (Phi) is 2.95. The molecule has 2 aliphatic rings. The van der Waals surface area contributed by atoms with Crippen LogP contribution in [0.15, 0.2) is 41.6 Å². The number of carbonyl (C=O) groups is 2. The number of rotatable bonds is 2. The van der Waals surface area contributed by atoms with Gasteiger partial charge >= 0.3 is 0 Å². The van der Waals surface area contributed by atoms with Crippen molar-refractivity contribution in [2.45, 2.75) is 6.54 Å². The molecule has 2 aliphatic heterocycles. The van der Waals surface area contributed by atoms with Crippen molar-refractivity contribution >= 4 is 11.8 Å². The van der Waals surface area contributed by atoms with Gasteiger partial charge in [-0.3, -0.25) is 9.59 Å². The normalized spacial score (nSPS) is 18.8. The Hall–Kier alpha value is -2.30. The summed E-state index contributed by atoms with van der Waals surface area (Å²) in [6.07, 6.45) is 0. The van der Waals surface area contributed by atoms with Crippen LogP contribution in [0.4, 0.5) is 0 Å². The molecule has 0 saturated heterocycles. The molecule has 0 radical (unpaired) electrons. The summed E-state index contributed by atoms with van der Waals surface area (Å²) in [5.74, 6) is -0.222. The maximum absolute atomic E-state index is 12.3. The lowest BCUT2D eigenvalue weighted by molar-refractivity contribution is -0.126. The molecule has 2 N–H and O–H groups in total. The van der Waals surface area contributed by atoms with E-state index in [-0.39, 0.29) is 11.8 Å². The fourth-order valence-electron chi connectivity index (χ4n) is 2.40. The molecule has 98 valence electrons. The highest BCUT2D eigenvalue weighted by atomic mass is 16.2. The molecule has 0 bridgehead atoms. The summed E-state index contributed by atoms with van der Waals surface area (Å²) in [4.78, 5) is 25.8. The molecule has 0 spiro atoms. The van der Waals surface area contributed by atoms with Gasteiger partial charge in [0.1, 0.15) is 5.70 Å². The lowest BCUT2D eigenvalue weighted by atomic mass is 10.2. The number of nitrogens with zero attached hydrogens (tertiary/aromatic N) is 1. The van der Waals surface area contributed by atoms with Gasteiger partial charge in [-0.05, 0) is 5.56 Å². The third-order valence-electron chi connectivity index (χ3n) is 3.35. The minimum Gasteiger partial charge on any atom is -0.378 e. The molecule has 0 aliphatic carbocycles. The molecule has 0 fully saturated rings. The second-order valence-corrected chi connectivity index (χ2v) is 4.68. The van der Waals surface area contributed by atoms with Gasteiger partial charge in [0.05, 0.1) is 12.1 Å². The molecular formula is C14H15N3O2. The van der Waals surface area contributed by atoms with Crippen molar-refractivity contribution in [1.29, 1.82) is 0 Å². The average molecular weight is 257 g/mol. The van der Waals surface area contributed by atoms with E-state index in [1.807, 2.05) is 30.3 Å². The zero-order valence-electron chi connectivity index (χ0n) is 10.5. The van der Waals surface area contributed by atoms with Gasteiger partial charge in [0, 0.05) is 19.6 Å². The summed E-state index contributed by atoms with van der Waals surface area (Å²) in [5, 5.41) is 5.83. The van der Waals surface area contributed by atoms with Gasteiger partial charge in [-0.1, -0.05) is 30.3 Å². The molecule has 0 saturated carbocycles. The van der Waals surface area contributed by atoms with Crippen LogP contribution in [-0.2, 0) is 16.1 Å². The lowest BCUT2D eigenvalue weighted by Crippen LogP contribution is -2.34. The quantitative estimate of drug-likeness (QED) is 0.784. The van der Waals surface area contributed by atoms with Crippen LogP contribution < -0.4 is 10.6 Å². The molecule has 19 heavy (non-hydrogen) atoms. The summed E-state index contributed by atoms with van der Waals surface area (Å²) in [7, 11) is 0. The molecular weight excluding hydrogens is 242 g/mol. The Balaban J connectivity index is 1.79. The van der Waals surface area contributed by atoms with Crippen molar-refractivity contribution in [3.8, 4) is 0 Å². The standard InChI is InChI=1S/C14H15N3O2/c18-13-11-9-17(8-10-4-2-1-3-5-10)14(19)12(11)15-6-7-16-13/h1-5,15H,6-9H2,(H,16,18). The zero-order chi connectivity index (χ0) is 13.2. The van der Waals surface area contributed by atoms with Crippen LogP contribution >= 0.6 is 0 Å². The molecule has 3 rings (SSSR count). The minimum absolute atomic E-state index is 0.0871. The first-order valence-corrected chi connectivity index (χ1v) is 6.34. The van der Waals surface area contributed by atoms with Gasteiger partial charge in [0.15, 0.2) is 0 Å². The van der Waals surface area contributed by atoms with E-state index < -0.39 is 0 Å². The highest BCUT2D eigenvalue weighted by Gasteiger charge is 2.34. The predicted octanol–water partition coefficient (Wildman–Crippen LogP) is 0.00230. The summed E-state index contributed by atoms with van der Waals surface area (Å²) >= 11 is 0. The van der Waals surface area contributed by atoms with Crippen molar-refractivity contribution in [1.82, 2.24) is 15.5 Å². The van der Waals surface area contributed by atoms with Gasteiger partial charge in [-0.15, -0.1) is 0 Å². The van der Waals surface area contributed by atoms with E-state index in [0.717, 1.165) is 5.56 Å². The highest BCUT2D eigenvalue weighted by molar-refractivity contribution is 6.08. The first-order chi connectivity index (χ1) is 9.25. The monoisotopic (exact) mass is 257 g/mol. The molecule has 0 unspecified atom stereocenters. The SMILES string of the molecule is O=C1NCCNC2=C1CN(Cc1ccccc1)C2=O. The van der Waals surface area contributed by atoms with E-state index in [0.29, 0.717) is 37.4 Å². The predicted molar refractivity (Wildman–Crippen MR) is 69.9 cm³/mol. The molecule has 5 heteroatoms. The first-order valence-electron chi connectivity index (χ1n) is 6.34. The third kappa shape index (κ3) is 2.19. The highest BCUT2D eigenvalue weighted by Crippen LogP contribution is 2.20. The van der Waals surface area contributed by atoms with Crippen LogP contribution in [0.25, 0.3) is 0 Å². The Morgan fingerprint density at radius 3 is 2.58 bits per heavy atom. The number of hydrogen-bond acceptors (Lipinski definition) is 3. The molecule has 2 amide bonds. The number of nitrogens with one attached hydrogen (secondary N) is 2. The maximum atomic E-state index is 12.3. The van der Waals surface area contributed by atoms with E-state index in [9.17, 15) is 9.59 Å². The third-order valence-corrected chi connectivity index (χ3v) is 3.35. The van der Waals surface area contributed by atoms with Gasteiger partial charge in [0.25, 0.3) is 11.8 Å². The van der Waals surface area contributed by atoms with Crippen molar-refractivity contribution in [3.05, 3.63) is 47.2 Å². The van der Waals surface area contributed by atoms with Crippen molar-refractivity contribution in [3.63, 3.8) is 0 Å². The molecule has 5 nitrogen and oxygen atoms in total. The Bertz CT molecular complexity index is 551. The molecule has 1 aromatic carbocycles. The summed E-state index contributed by atoms with van der Waals surface area (Å²) in [5.41, 5.74) is 2.08. The zero-order valence-corrected chi connectivity index (χ0v) is 10.5. The largest absolute Gasteiger partial charge is 0.378 e. The summed E-state index contributed by atoms with van der Waals surface area (Å²) < 4.78 is 0. The number of amides is 2. The molecule has 0 aromatic heterocycles. The minimum atomic E-state index is -0.135. The van der Waals surface area contributed by atoms with Crippen LogP contribution in [-0.4, -0.2) is 36.3 Å². The fraction of sp³-hybridized carbons (Fsp3) is 0.286. The maximum Gasteiger partial charge on any atom is 0.271 e. The van der Waals surface area contributed by atoms with E-state index in [4.69, 9.17) is 0 Å². The number of carbonyl (C=O) groups excluding carboxylic acids is 2. The Morgan fingerprint density at radius 1 is 1.05 bits per heavy atom. The molecule has 0 atom stereocenters. The van der Waals surface area contributed by atoms with Crippen molar-refractivity contribution in [2.75, 3.05) is 19.6 Å². The topological polar surface area (TPSA) is 61.4 Å². The van der Waals surface area contributed by atoms with Gasteiger partial charge in [-0.25, -0.2) is 0 Å². The van der Waals surface area contributed by atoms with Crippen LogP contribution in [0.2, 0.25) is 0 Å². The molecule has 2 heterocycles. The van der Waals surface area contributed by atoms with Gasteiger partial charge in [0.2, 0.25) is 0 Å². The van der Waals surface area contributed by atoms with Crippen molar-refractivity contribution in [2.24, 2.45) is 0 Å². The van der Waals surface area contributed by atoms with Gasteiger partial charge in [-0.2, -0.15) is 0 Å². The van der Waals surface area contributed by atoms with Crippen LogP contribution in [0.1, 0.15) is 5.56 Å². The van der Waals surface area contributed by atoms with E-state index >= 15 is 0 Å². The number of benzene rings is 1. The van der Waals surface area contributed by atoms with Gasteiger partial charge < -0.3 is 15.5 Å². The van der Waals surface area contributed by atoms with E-state index in [1.165, 1.54) is 0 Å². The fourth-order valence-corrected chi connectivity index (χ4v) is 2.40. The second kappa shape index (κ2) is 4.76. The lowest BCUT2D eigenvalue weighted by Gasteiger charge is -2.17. The van der Waals surface area contributed by atoms with Crippen LogP contribution in [0.3, 0.4) is 0 Å². The average Bonchev–Trinajstić information content (AvgIpc) is 2.62. The van der Waals surface area contributed by atoms with E-state index in [2.05, 4.69) is 10.6 Å². The van der Waals surface area contributed by atoms with Crippen LogP contribution in [0, 0.1) is 0 Å². The van der Waals surface area contributed by atoms with E-state index in [1.54, 1.807) is 4.90 Å². The van der Waals surface area contributed by atoms with Crippen LogP contribution in [0.5, 0.6) is 0 Å². The Labute approximate surface area is 111 Å². The summed E-state index contributed by atoms with van der Waals surface area (Å²) in [6, 6.07) is 9.78. The smallest absolute Gasteiger partial charge is 0.271 e. The second-order valence-electron chi connectivity index (χ2n) is 4.68. The first kappa shape index (κ1) is 11.8. The summed E-state index contributed by atoms with van der Waals surface area (Å²) in [6.45, 7) is 2.05. The number of hydrogen-bond donors (Lipinski definition) is 2. The molecule has 1 aromatic rings. The van der Waals surface area contributed by atoms with Crippen molar-refractivity contribution < 1.29 is 9.59 Å². The Morgan fingerprint density at radius 2 is 1.79 bits per heavy atom.